The van der Waals surface area contributed by atoms with Crippen molar-refractivity contribution in [1.82, 2.24) is 4.98 Å². The molecule has 0 spiro atoms. The van der Waals surface area contributed by atoms with Gasteiger partial charge < -0.3 is 20.3 Å². The van der Waals surface area contributed by atoms with Gasteiger partial charge in [0.15, 0.2) is 0 Å². The number of halogens is 1. The fourth-order valence-corrected chi connectivity index (χ4v) is 1.40. The molecule has 6 nitrogen and oxygen atoms in total. The highest BCUT2D eigenvalue weighted by Crippen LogP contribution is 2.17. The van der Waals surface area contributed by atoms with Gasteiger partial charge in [0, 0.05) is 7.11 Å². The van der Waals surface area contributed by atoms with Crippen molar-refractivity contribution < 1.29 is 19.7 Å². The average molecular weight is 261 g/mol. The molecule has 7 heteroatoms. The number of methoxy groups -OCH3 is 1. The first-order valence-electron chi connectivity index (χ1n) is 4.84. The van der Waals surface area contributed by atoms with Crippen LogP contribution >= 0.6 is 11.6 Å². The van der Waals surface area contributed by atoms with Gasteiger partial charge in [-0.05, 0) is 12.1 Å². The third-order valence-electron chi connectivity index (χ3n) is 2.02. The first kappa shape index (κ1) is 13.7. The van der Waals surface area contributed by atoms with Gasteiger partial charge in [0.1, 0.15) is 16.5 Å². The summed E-state index contributed by atoms with van der Waals surface area (Å²) in [4.78, 5) is 14.8. The summed E-state index contributed by atoms with van der Waals surface area (Å²) in [5, 5.41) is 21.0. The summed E-state index contributed by atoms with van der Waals surface area (Å²) < 4.78 is 4.87. The number of hydrogen-bond acceptors (Lipinski definition) is 5. The van der Waals surface area contributed by atoms with Gasteiger partial charge in [0.2, 0.25) is 0 Å². The van der Waals surface area contributed by atoms with Crippen molar-refractivity contribution in [2.75, 3.05) is 25.6 Å². The second kappa shape index (κ2) is 6.39. The van der Waals surface area contributed by atoms with Crippen LogP contribution in [0.1, 0.15) is 10.4 Å². The smallest absolute Gasteiger partial charge is 0.339 e. The van der Waals surface area contributed by atoms with Crippen LogP contribution in [0.2, 0.25) is 5.15 Å². The van der Waals surface area contributed by atoms with Crippen LogP contribution in [0.3, 0.4) is 0 Å². The number of hydrogen-bond donors (Lipinski definition) is 3. The quantitative estimate of drug-likeness (QED) is 0.657. The van der Waals surface area contributed by atoms with Gasteiger partial charge >= 0.3 is 5.97 Å². The molecule has 0 aliphatic carbocycles. The Morgan fingerprint density at radius 2 is 2.35 bits per heavy atom. The number of carboxylic acid groups (broad SMARTS) is 1. The Morgan fingerprint density at radius 1 is 1.65 bits per heavy atom. The summed E-state index contributed by atoms with van der Waals surface area (Å²) >= 11 is 5.69. The molecular formula is C10H13ClN2O4. The van der Waals surface area contributed by atoms with E-state index in [0.29, 0.717) is 0 Å². The molecule has 0 radical (unpaired) electrons. The number of nitrogens with zero attached hydrogens (tertiary/aromatic N) is 1. The minimum Gasteiger partial charge on any atom is -0.478 e. The number of aromatic carboxylic acids is 1. The number of pyridine rings is 1. The van der Waals surface area contributed by atoms with Crippen LogP contribution in [-0.4, -0.2) is 47.5 Å². The summed E-state index contributed by atoms with van der Waals surface area (Å²) in [7, 11) is 1.48. The number of carbonyl (C=O) groups is 1. The second-order valence-electron chi connectivity index (χ2n) is 3.31. The molecule has 3 N–H and O–H groups in total. The van der Waals surface area contributed by atoms with Crippen LogP contribution in [0.5, 0.6) is 0 Å². The number of anilines is 1. The molecule has 1 unspecified atom stereocenters. The molecule has 0 amide bonds. The van der Waals surface area contributed by atoms with E-state index in [1.165, 1.54) is 19.2 Å². The Kier molecular flexibility index (Phi) is 5.14. The van der Waals surface area contributed by atoms with E-state index in [1.54, 1.807) is 0 Å². The van der Waals surface area contributed by atoms with E-state index in [0.717, 1.165) is 0 Å². The van der Waals surface area contributed by atoms with Crippen LogP contribution in [0.15, 0.2) is 12.1 Å². The zero-order chi connectivity index (χ0) is 12.8. The molecule has 0 aliphatic heterocycles. The first-order valence-corrected chi connectivity index (χ1v) is 5.22. The molecule has 1 heterocycles. The molecule has 0 saturated carbocycles. The van der Waals surface area contributed by atoms with Crippen molar-refractivity contribution in [2.45, 2.75) is 6.04 Å². The minimum absolute atomic E-state index is 0.0102. The summed E-state index contributed by atoms with van der Waals surface area (Å²) in [6.07, 6.45) is 0. The molecule has 0 saturated heterocycles. The number of carboxylic acids is 1. The van der Waals surface area contributed by atoms with Crippen molar-refractivity contribution in [3.8, 4) is 0 Å². The topological polar surface area (TPSA) is 91.7 Å². The summed E-state index contributed by atoms with van der Waals surface area (Å²) in [5.41, 5.74) is -0.0102. The molecule has 0 fully saturated rings. The molecule has 1 atom stereocenters. The molecule has 1 aromatic heterocycles. The van der Waals surface area contributed by atoms with E-state index in [-0.39, 0.29) is 29.7 Å². The van der Waals surface area contributed by atoms with Gasteiger partial charge in [-0.3, -0.25) is 0 Å². The van der Waals surface area contributed by atoms with Crippen LogP contribution in [0.25, 0.3) is 0 Å². The number of aliphatic hydroxyl groups excluding tert-OH is 1. The predicted molar refractivity (Wildman–Crippen MR) is 62.6 cm³/mol. The summed E-state index contributed by atoms with van der Waals surface area (Å²) in [5.74, 6) is -1.01. The molecule has 1 aromatic rings. The van der Waals surface area contributed by atoms with Crippen molar-refractivity contribution in [1.29, 1.82) is 0 Å². The maximum atomic E-state index is 10.9. The monoisotopic (exact) mass is 260 g/mol. The number of rotatable bonds is 6. The number of ether oxygens (including phenoxy) is 1. The first-order chi connectivity index (χ1) is 8.08. The average Bonchev–Trinajstić information content (AvgIpc) is 2.28. The van der Waals surface area contributed by atoms with Crippen molar-refractivity contribution in [3.63, 3.8) is 0 Å². The highest BCUT2D eigenvalue weighted by Gasteiger charge is 2.15. The maximum absolute atomic E-state index is 10.9. The van der Waals surface area contributed by atoms with E-state index in [4.69, 9.17) is 26.6 Å². The molecule has 17 heavy (non-hydrogen) atoms. The zero-order valence-electron chi connectivity index (χ0n) is 9.18. The maximum Gasteiger partial charge on any atom is 0.339 e. The largest absolute Gasteiger partial charge is 0.478 e. The van der Waals surface area contributed by atoms with Crippen LogP contribution in [0, 0.1) is 0 Å². The number of nitrogens with one attached hydrogen (secondary N) is 1. The number of aromatic nitrogens is 1. The van der Waals surface area contributed by atoms with E-state index < -0.39 is 12.0 Å². The lowest BCUT2D eigenvalue weighted by Crippen LogP contribution is -2.30. The third-order valence-corrected chi connectivity index (χ3v) is 2.23. The lowest BCUT2D eigenvalue weighted by atomic mass is 10.2. The SMILES string of the molecule is COCC(CO)Nc1nc(Cl)ccc1C(=O)O. The van der Waals surface area contributed by atoms with Crippen molar-refractivity contribution >= 4 is 23.4 Å². The Hall–Kier alpha value is -1.37. The molecule has 94 valence electrons. The van der Waals surface area contributed by atoms with Crippen molar-refractivity contribution in [2.24, 2.45) is 0 Å². The van der Waals surface area contributed by atoms with Crippen LogP contribution in [-0.2, 0) is 4.74 Å². The van der Waals surface area contributed by atoms with Gasteiger partial charge in [-0.15, -0.1) is 0 Å². The van der Waals surface area contributed by atoms with Gasteiger partial charge in [0.05, 0.1) is 19.3 Å². The zero-order valence-corrected chi connectivity index (χ0v) is 9.94. The Bertz CT molecular complexity index is 400. The standard InChI is InChI=1S/C10H13ClN2O4/c1-17-5-6(4-14)12-9-7(10(15)16)2-3-8(11)13-9/h2-3,6,14H,4-5H2,1H3,(H,12,13)(H,15,16). The minimum atomic E-state index is -1.12. The van der Waals surface area contributed by atoms with Gasteiger partial charge in [-0.1, -0.05) is 11.6 Å². The van der Waals surface area contributed by atoms with Crippen molar-refractivity contribution in [3.05, 3.63) is 22.8 Å². The normalized spacial score (nSPS) is 12.2. The van der Waals surface area contributed by atoms with E-state index in [2.05, 4.69) is 10.3 Å². The third kappa shape index (κ3) is 3.85. The van der Waals surface area contributed by atoms with Gasteiger partial charge in [-0.25, -0.2) is 9.78 Å². The summed E-state index contributed by atoms with van der Waals surface area (Å²) in [6.45, 7) is 0.0187. The Labute approximate surface area is 103 Å². The molecule has 0 aliphatic rings. The van der Waals surface area contributed by atoms with E-state index >= 15 is 0 Å². The highest BCUT2D eigenvalue weighted by molar-refractivity contribution is 6.29. The van der Waals surface area contributed by atoms with Gasteiger partial charge in [-0.2, -0.15) is 0 Å². The lowest BCUT2D eigenvalue weighted by Gasteiger charge is -2.17. The second-order valence-corrected chi connectivity index (χ2v) is 3.70. The predicted octanol–water partition coefficient (Wildman–Crippen LogP) is 0.852. The molecule has 0 bridgehead atoms. The van der Waals surface area contributed by atoms with E-state index in [9.17, 15) is 4.79 Å². The fraction of sp³-hybridized carbons (Fsp3) is 0.400. The number of aliphatic hydroxyl groups is 1. The Balaban J connectivity index is 2.94. The van der Waals surface area contributed by atoms with Crippen LogP contribution in [0.4, 0.5) is 5.82 Å². The van der Waals surface area contributed by atoms with Crippen LogP contribution < -0.4 is 5.32 Å². The highest BCUT2D eigenvalue weighted by atomic mass is 35.5. The molecule has 0 aromatic carbocycles. The fourth-order valence-electron chi connectivity index (χ4n) is 1.25. The lowest BCUT2D eigenvalue weighted by molar-refractivity contribution is 0.0697. The summed E-state index contributed by atoms with van der Waals surface area (Å²) in [6, 6.07) is 2.30. The Morgan fingerprint density at radius 3 is 2.88 bits per heavy atom. The molecule has 1 rings (SSSR count). The van der Waals surface area contributed by atoms with Gasteiger partial charge in [0.25, 0.3) is 0 Å². The van der Waals surface area contributed by atoms with E-state index in [1.807, 2.05) is 0 Å². The molecular weight excluding hydrogens is 248 g/mol.